The molecule has 0 radical (unpaired) electrons. The number of carbonyl (C=O) groups excluding carboxylic acids is 1. The fourth-order valence-corrected chi connectivity index (χ4v) is 3.44. The molecule has 0 aromatic carbocycles. The number of alkyl halides is 1. The van der Waals surface area contributed by atoms with Gasteiger partial charge in [0.15, 0.2) is 0 Å². The number of carbonyl (C=O) groups is 1. The number of hydrogen-bond acceptors (Lipinski definition) is 2. The lowest BCUT2D eigenvalue weighted by Crippen LogP contribution is -2.52. The Morgan fingerprint density at radius 3 is 2.25 bits per heavy atom. The van der Waals surface area contributed by atoms with Crippen LogP contribution >= 0.6 is 15.9 Å². The number of rotatable bonds is 3. The zero-order valence-corrected chi connectivity index (χ0v) is 11.6. The van der Waals surface area contributed by atoms with Gasteiger partial charge in [-0.25, -0.2) is 0 Å². The van der Waals surface area contributed by atoms with Gasteiger partial charge in [0.1, 0.15) is 0 Å². The van der Waals surface area contributed by atoms with E-state index in [1.807, 2.05) is 4.90 Å². The van der Waals surface area contributed by atoms with Crippen LogP contribution in [0.1, 0.15) is 26.2 Å². The van der Waals surface area contributed by atoms with Gasteiger partial charge in [0, 0.05) is 45.0 Å². The van der Waals surface area contributed by atoms with Gasteiger partial charge in [0.25, 0.3) is 0 Å². The third-order valence-electron chi connectivity index (χ3n) is 4.07. The van der Waals surface area contributed by atoms with E-state index in [2.05, 4.69) is 20.8 Å². The first-order chi connectivity index (χ1) is 7.65. The van der Waals surface area contributed by atoms with Crippen LogP contribution in [-0.2, 0) is 4.79 Å². The van der Waals surface area contributed by atoms with Crippen molar-refractivity contribution in [3.05, 3.63) is 0 Å². The maximum atomic E-state index is 11.2. The summed E-state index contributed by atoms with van der Waals surface area (Å²) in [6.45, 7) is 6.80. The summed E-state index contributed by atoms with van der Waals surface area (Å²) in [5, 5.41) is 1.13. The van der Waals surface area contributed by atoms with Gasteiger partial charge in [-0.3, -0.25) is 9.69 Å². The van der Waals surface area contributed by atoms with E-state index in [9.17, 15) is 4.79 Å². The molecule has 4 heteroatoms. The Kier molecular flexibility index (Phi) is 3.90. The van der Waals surface area contributed by atoms with Crippen molar-refractivity contribution in [1.82, 2.24) is 9.80 Å². The largest absolute Gasteiger partial charge is 0.340 e. The van der Waals surface area contributed by atoms with Crippen molar-refractivity contribution >= 4 is 21.8 Å². The van der Waals surface area contributed by atoms with E-state index in [1.54, 1.807) is 6.92 Å². The molecule has 1 aliphatic heterocycles. The minimum Gasteiger partial charge on any atom is -0.340 e. The van der Waals surface area contributed by atoms with E-state index in [0.717, 1.165) is 31.5 Å². The number of nitrogens with zero attached hydrogens (tertiary/aromatic N) is 2. The fraction of sp³-hybridized carbons (Fsp3) is 0.917. The number of amides is 1. The molecule has 92 valence electrons. The van der Waals surface area contributed by atoms with E-state index in [1.165, 1.54) is 25.8 Å². The molecule has 2 aliphatic rings. The predicted molar refractivity (Wildman–Crippen MR) is 68.8 cm³/mol. The third-order valence-corrected chi connectivity index (χ3v) is 5.26. The van der Waals surface area contributed by atoms with E-state index in [-0.39, 0.29) is 5.91 Å². The number of piperazine rings is 1. The Labute approximate surface area is 106 Å². The van der Waals surface area contributed by atoms with Gasteiger partial charge >= 0.3 is 0 Å². The zero-order chi connectivity index (χ0) is 11.6. The highest BCUT2D eigenvalue weighted by Gasteiger charge is 2.37. The maximum absolute atomic E-state index is 11.2. The second-order valence-corrected chi connectivity index (χ2v) is 5.83. The first kappa shape index (κ1) is 12.4. The maximum Gasteiger partial charge on any atom is 0.219 e. The molecule has 1 saturated heterocycles. The van der Waals surface area contributed by atoms with Crippen molar-refractivity contribution < 1.29 is 4.79 Å². The Balaban J connectivity index is 1.79. The SMILES string of the molecule is CC(=O)N1CCN(CC2(CBr)CCC2)CC1. The molecule has 1 saturated carbocycles. The second-order valence-electron chi connectivity index (χ2n) is 5.27. The van der Waals surface area contributed by atoms with Gasteiger partial charge in [-0.15, -0.1) is 0 Å². The Morgan fingerprint density at radius 2 is 1.88 bits per heavy atom. The van der Waals surface area contributed by atoms with Crippen molar-refractivity contribution in [3.8, 4) is 0 Å². The molecule has 2 fully saturated rings. The van der Waals surface area contributed by atoms with Crippen LogP contribution in [0.25, 0.3) is 0 Å². The van der Waals surface area contributed by atoms with Crippen molar-refractivity contribution in [2.45, 2.75) is 26.2 Å². The molecular formula is C12H21BrN2O. The van der Waals surface area contributed by atoms with Crippen molar-refractivity contribution in [2.75, 3.05) is 38.1 Å². The van der Waals surface area contributed by atoms with Crippen LogP contribution in [0, 0.1) is 5.41 Å². The van der Waals surface area contributed by atoms with Gasteiger partial charge < -0.3 is 4.90 Å². The molecule has 1 amide bonds. The lowest BCUT2D eigenvalue weighted by molar-refractivity contribution is -0.130. The summed E-state index contributed by atoms with van der Waals surface area (Å²) in [6.07, 6.45) is 4.12. The van der Waals surface area contributed by atoms with Gasteiger partial charge in [-0.05, 0) is 18.3 Å². The van der Waals surface area contributed by atoms with Crippen LogP contribution in [0.2, 0.25) is 0 Å². The summed E-state index contributed by atoms with van der Waals surface area (Å²) in [6, 6.07) is 0. The summed E-state index contributed by atoms with van der Waals surface area (Å²) in [4.78, 5) is 15.7. The average molecular weight is 289 g/mol. The smallest absolute Gasteiger partial charge is 0.219 e. The minimum atomic E-state index is 0.221. The van der Waals surface area contributed by atoms with Gasteiger partial charge in [-0.2, -0.15) is 0 Å². The highest BCUT2D eigenvalue weighted by Crippen LogP contribution is 2.43. The zero-order valence-electron chi connectivity index (χ0n) is 10.0. The minimum absolute atomic E-state index is 0.221. The lowest BCUT2D eigenvalue weighted by Gasteiger charge is -2.46. The van der Waals surface area contributed by atoms with E-state index < -0.39 is 0 Å². The molecule has 0 aromatic rings. The number of hydrogen-bond donors (Lipinski definition) is 0. The van der Waals surface area contributed by atoms with Crippen LogP contribution in [0.15, 0.2) is 0 Å². The average Bonchev–Trinajstić information content (AvgIpc) is 2.24. The molecule has 0 atom stereocenters. The molecule has 0 aromatic heterocycles. The fourth-order valence-electron chi connectivity index (χ4n) is 2.71. The summed E-state index contributed by atoms with van der Waals surface area (Å²) in [5.41, 5.74) is 0.540. The standard InChI is InChI=1S/C12H21BrN2O/c1-11(16)15-7-5-14(6-8-15)10-12(9-13)3-2-4-12/h2-10H2,1H3. The van der Waals surface area contributed by atoms with Crippen molar-refractivity contribution in [2.24, 2.45) is 5.41 Å². The highest BCUT2D eigenvalue weighted by atomic mass is 79.9. The molecule has 0 N–H and O–H groups in total. The summed E-state index contributed by atoms with van der Waals surface area (Å²) < 4.78 is 0. The topological polar surface area (TPSA) is 23.6 Å². The molecule has 2 rings (SSSR count). The van der Waals surface area contributed by atoms with E-state index in [4.69, 9.17) is 0 Å². The molecule has 1 aliphatic carbocycles. The van der Waals surface area contributed by atoms with Crippen LogP contribution in [0.5, 0.6) is 0 Å². The Hall–Kier alpha value is -0.0900. The molecule has 0 spiro atoms. The van der Waals surface area contributed by atoms with Crippen molar-refractivity contribution in [1.29, 1.82) is 0 Å². The summed E-state index contributed by atoms with van der Waals surface area (Å²) >= 11 is 3.65. The van der Waals surface area contributed by atoms with Gasteiger partial charge in [-0.1, -0.05) is 22.4 Å². The first-order valence-electron chi connectivity index (χ1n) is 6.19. The molecular weight excluding hydrogens is 268 g/mol. The molecule has 0 bridgehead atoms. The van der Waals surface area contributed by atoms with Crippen LogP contribution in [0.3, 0.4) is 0 Å². The molecule has 3 nitrogen and oxygen atoms in total. The van der Waals surface area contributed by atoms with Gasteiger partial charge in [0.2, 0.25) is 5.91 Å². The van der Waals surface area contributed by atoms with Gasteiger partial charge in [0.05, 0.1) is 0 Å². The lowest BCUT2D eigenvalue weighted by atomic mass is 9.70. The van der Waals surface area contributed by atoms with Crippen LogP contribution < -0.4 is 0 Å². The monoisotopic (exact) mass is 288 g/mol. The Bertz CT molecular complexity index is 252. The van der Waals surface area contributed by atoms with E-state index in [0.29, 0.717) is 5.41 Å². The quantitative estimate of drug-likeness (QED) is 0.739. The Morgan fingerprint density at radius 1 is 1.25 bits per heavy atom. The molecule has 1 heterocycles. The summed E-state index contributed by atoms with van der Waals surface area (Å²) in [5.74, 6) is 0.221. The van der Waals surface area contributed by atoms with Crippen LogP contribution in [0.4, 0.5) is 0 Å². The molecule has 16 heavy (non-hydrogen) atoms. The highest BCUT2D eigenvalue weighted by molar-refractivity contribution is 9.09. The number of halogens is 1. The first-order valence-corrected chi connectivity index (χ1v) is 7.31. The molecule has 0 unspecified atom stereocenters. The normalized spacial score (nSPS) is 25.2. The third kappa shape index (κ3) is 2.59. The van der Waals surface area contributed by atoms with E-state index >= 15 is 0 Å². The van der Waals surface area contributed by atoms with Crippen molar-refractivity contribution in [3.63, 3.8) is 0 Å². The predicted octanol–water partition coefficient (Wildman–Crippen LogP) is 1.72. The second kappa shape index (κ2) is 5.05. The van der Waals surface area contributed by atoms with Crippen LogP contribution in [-0.4, -0.2) is 53.8 Å². The summed E-state index contributed by atoms with van der Waals surface area (Å²) in [7, 11) is 0.